The number of nitrogens with one attached hydrogen (secondary N) is 1. The van der Waals surface area contributed by atoms with Gasteiger partial charge < -0.3 is 5.11 Å². The molecular weight excluding hydrogens is 350 g/mol. The first-order chi connectivity index (χ1) is 12.4. The highest BCUT2D eigenvalue weighted by atomic mass is 32.2. The molecule has 0 saturated carbocycles. The van der Waals surface area contributed by atoms with Crippen molar-refractivity contribution in [2.45, 2.75) is 11.8 Å². The number of hydrogen-bond acceptors (Lipinski definition) is 5. The van der Waals surface area contributed by atoms with Gasteiger partial charge in [-0.1, -0.05) is 36.4 Å². The average molecular weight is 367 g/mol. The van der Waals surface area contributed by atoms with Gasteiger partial charge in [0.2, 0.25) is 5.95 Å². The van der Waals surface area contributed by atoms with Crippen LogP contribution >= 0.6 is 0 Å². The van der Waals surface area contributed by atoms with Crippen molar-refractivity contribution in [2.75, 3.05) is 4.72 Å². The number of phenolic OH excluding ortho intramolecular Hbond substituents is 1. The fourth-order valence-corrected chi connectivity index (χ4v) is 3.16. The quantitative estimate of drug-likeness (QED) is 0.674. The highest BCUT2D eigenvalue weighted by Crippen LogP contribution is 2.17. The second kappa shape index (κ2) is 7.37. The molecule has 7 heteroatoms. The third-order valence-corrected chi connectivity index (χ3v) is 4.92. The molecule has 0 atom stereocenters. The number of sulfonamides is 1. The molecule has 132 valence electrons. The van der Waals surface area contributed by atoms with Crippen molar-refractivity contribution in [3.63, 3.8) is 0 Å². The molecule has 0 aliphatic heterocycles. The minimum Gasteiger partial charge on any atom is -0.508 e. The number of phenols is 1. The van der Waals surface area contributed by atoms with Crippen LogP contribution in [0.2, 0.25) is 0 Å². The third-order valence-electron chi connectivity index (χ3n) is 3.57. The van der Waals surface area contributed by atoms with E-state index in [1.165, 1.54) is 18.3 Å². The molecule has 6 nitrogen and oxygen atoms in total. The lowest BCUT2D eigenvalue weighted by Gasteiger charge is -2.07. The molecule has 0 fully saturated rings. The molecule has 0 radical (unpaired) electrons. The summed E-state index contributed by atoms with van der Waals surface area (Å²) < 4.78 is 27.2. The van der Waals surface area contributed by atoms with Gasteiger partial charge >= 0.3 is 0 Å². The zero-order valence-corrected chi connectivity index (χ0v) is 14.8. The maximum Gasteiger partial charge on any atom is 0.264 e. The lowest BCUT2D eigenvalue weighted by Crippen LogP contribution is -2.15. The monoisotopic (exact) mass is 367 g/mol. The average Bonchev–Trinajstić information content (AvgIpc) is 2.61. The van der Waals surface area contributed by atoms with Gasteiger partial charge in [0.05, 0.1) is 4.90 Å². The van der Waals surface area contributed by atoms with Gasteiger partial charge in [0.25, 0.3) is 10.0 Å². The topological polar surface area (TPSA) is 92.2 Å². The molecule has 0 saturated heterocycles. The van der Waals surface area contributed by atoms with E-state index in [2.05, 4.69) is 14.7 Å². The Morgan fingerprint density at radius 2 is 1.50 bits per heavy atom. The fourth-order valence-electron chi connectivity index (χ4n) is 2.21. The predicted molar refractivity (Wildman–Crippen MR) is 101 cm³/mol. The summed E-state index contributed by atoms with van der Waals surface area (Å²) >= 11 is 0. The Labute approximate surface area is 151 Å². The molecule has 0 aliphatic carbocycles. The van der Waals surface area contributed by atoms with Gasteiger partial charge in [-0.15, -0.1) is 0 Å². The second-order valence-electron chi connectivity index (χ2n) is 5.62. The summed E-state index contributed by atoms with van der Waals surface area (Å²) in [6, 6.07) is 14.9. The van der Waals surface area contributed by atoms with Gasteiger partial charge in [-0.25, -0.2) is 23.1 Å². The minimum absolute atomic E-state index is 0.0429. The zero-order chi connectivity index (χ0) is 18.6. The molecule has 26 heavy (non-hydrogen) atoms. The Morgan fingerprint density at radius 3 is 2.08 bits per heavy atom. The van der Waals surface area contributed by atoms with Crippen molar-refractivity contribution in [1.29, 1.82) is 0 Å². The van der Waals surface area contributed by atoms with E-state index < -0.39 is 10.0 Å². The first kappa shape index (κ1) is 17.6. The number of anilines is 1. The van der Waals surface area contributed by atoms with Crippen molar-refractivity contribution in [3.05, 3.63) is 77.6 Å². The molecule has 0 amide bonds. The predicted octanol–water partition coefficient (Wildman–Crippen LogP) is 3.46. The van der Waals surface area contributed by atoms with Crippen LogP contribution in [0.25, 0.3) is 12.2 Å². The molecule has 2 aromatic carbocycles. The van der Waals surface area contributed by atoms with Crippen LogP contribution in [-0.2, 0) is 10.0 Å². The van der Waals surface area contributed by atoms with Gasteiger partial charge in [0.1, 0.15) is 5.75 Å². The highest BCUT2D eigenvalue weighted by Gasteiger charge is 2.15. The van der Waals surface area contributed by atoms with E-state index >= 15 is 0 Å². The Bertz CT molecular complexity index is 1030. The molecule has 0 unspecified atom stereocenters. The summed E-state index contributed by atoms with van der Waals surface area (Å²) in [4.78, 5) is 8.08. The van der Waals surface area contributed by atoms with Crippen molar-refractivity contribution < 1.29 is 13.5 Å². The molecule has 3 rings (SSSR count). The molecule has 0 spiro atoms. The summed E-state index contributed by atoms with van der Waals surface area (Å²) in [6.07, 6.45) is 5.24. The van der Waals surface area contributed by atoms with E-state index in [9.17, 15) is 13.5 Å². The Kier molecular flexibility index (Phi) is 4.99. The molecule has 1 aromatic heterocycles. The Hall–Kier alpha value is -3.19. The SMILES string of the molecule is Cc1ccnc(NS(=O)(=O)c2ccc(C=Cc3ccc(O)cc3)cc2)n1. The van der Waals surface area contributed by atoms with Crippen molar-refractivity contribution in [2.24, 2.45) is 0 Å². The first-order valence-corrected chi connectivity index (χ1v) is 9.30. The van der Waals surface area contributed by atoms with E-state index in [1.54, 1.807) is 49.4 Å². The summed E-state index contributed by atoms with van der Waals surface area (Å²) in [6.45, 7) is 1.76. The zero-order valence-electron chi connectivity index (χ0n) is 14.0. The Morgan fingerprint density at radius 1 is 0.923 bits per heavy atom. The van der Waals surface area contributed by atoms with Crippen LogP contribution in [0.3, 0.4) is 0 Å². The van der Waals surface area contributed by atoms with Gasteiger partial charge in [-0.05, 0) is 48.4 Å². The number of rotatable bonds is 5. The van der Waals surface area contributed by atoms with Crippen LogP contribution in [0, 0.1) is 6.92 Å². The van der Waals surface area contributed by atoms with Crippen LogP contribution in [0.1, 0.15) is 16.8 Å². The summed E-state index contributed by atoms with van der Waals surface area (Å²) in [5, 5.41) is 9.27. The number of aromatic hydroxyl groups is 1. The number of benzene rings is 2. The largest absolute Gasteiger partial charge is 0.508 e. The molecule has 0 aliphatic rings. The third kappa shape index (κ3) is 4.46. The molecule has 3 aromatic rings. The van der Waals surface area contributed by atoms with Gasteiger partial charge in [0, 0.05) is 11.9 Å². The van der Waals surface area contributed by atoms with Crippen LogP contribution in [-0.4, -0.2) is 23.5 Å². The maximum atomic E-state index is 12.4. The summed E-state index contributed by atoms with van der Waals surface area (Å²) in [5.41, 5.74) is 2.45. The molecule has 0 bridgehead atoms. The van der Waals surface area contributed by atoms with Crippen molar-refractivity contribution >= 4 is 28.1 Å². The van der Waals surface area contributed by atoms with Crippen LogP contribution < -0.4 is 4.72 Å². The van der Waals surface area contributed by atoms with Crippen LogP contribution in [0.15, 0.2) is 65.7 Å². The van der Waals surface area contributed by atoms with Crippen LogP contribution in [0.5, 0.6) is 5.75 Å². The van der Waals surface area contributed by atoms with E-state index in [1.807, 2.05) is 12.2 Å². The van der Waals surface area contributed by atoms with Gasteiger partial charge in [0.15, 0.2) is 0 Å². The second-order valence-corrected chi connectivity index (χ2v) is 7.30. The highest BCUT2D eigenvalue weighted by molar-refractivity contribution is 7.92. The van der Waals surface area contributed by atoms with Crippen molar-refractivity contribution in [3.8, 4) is 5.75 Å². The summed E-state index contributed by atoms with van der Waals surface area (Å²) in [5.74, 6) is 0.253. The van der Waals surface area contributed by atoms with E-state index in [0.29, 0.717) is 5.69 Å². The number of aromatic nitrogens is 2. The smallest absolute Gasteiger partial charge is 0.264 e. The molecule has 2 N–H and O–H groups in total. The maximum absolute atomic E-state index is 12.4. The van der Waals surface area contributed by atoms with Crippen molar-refractivity contribution in [1.82, 2.24) is 9.97 Å². The van der Waals surface area contributed by atoms with Gasteiger partial charge in [-0.3, -0.25) is 0 Å². The minimum atomic E-state index is -3.75. The van der Waals surface area contributed by atoms with Gasteiger partial charge in [-0.2, -0.15) is 0 Å². The van der Waals surface area contributed by atoms with E-state index in [0.717, 1.165) is 11.1 Å². The standard InChI is InChI=1S/C19H17N3O3S/c1-14-12-13-20-19(21-14)22-26(24,25)18-10-6-16(7-11-18)3-2-15-4-8-17(23)9-5-15/h2-13,23H,1H3,(H,20,21,22). The number of hydrogen-bond donors (Lipinski definition) is 2. The molecule has 1 heterocycles. The lowest BCUT2D eigenvalue weighted by atomic mass is 10.1. The Balaban J connectivity index is 1.75. The fraction of sp³-hybridized carbons (Fsp3) is 0.0526. The first-order valence-electron chi connectivity index (χ1n) is 7.82. The van der Waals surface area contributed by atoms with E-state index in [-0.39, 0.29) is 16.6 Å². The van der Waals surface area contributed by atoms with Crippen LogP contribution in [0.4, 0.5) is 5.95 Å². The number of nitrogens with zero attached hydrogens (tertiary/aromatic N) is 2. The summed E-state index contributed by atoms with van der Waals surface area (Å²) in [7, 11) is -3.75. The normalized spacial score (nSPS) is 11.6. The lowest BCUT2D eigenvalue weighted by molar-refractivity contribution is 0.475. The van der Waals surface area contributed by atoms with E-state index in [4.69, 9.17) is 0 Å². The number of aryl methyl sites for hydroxylation is 1. The molecular formula is C19H17N3O3S.